The third-order valence-corrected chi connectivity index (χ3v) is 5.43. The Balaban J connectivity index is 1.65. The molecule has 1 N–H and O–H groups in total. The maximum Gasteiger partial charge on any atom is 0.229 e. The number of hydrogen-bond donors (Lipinski definition) is 1. The van der Waals surface area contributed by atoms with Crippen LogP contribution in [0.5, 0.6) is 0 Å². The average molecular weight is 344 g/mol. The minimum Gasteiger partial charge on any atom is -0.355 e. The first-order valence-electron chi connectivity index (χ1n) is 7.01. The molecule has 3 rings (SSSR count). The molecule has 0 unspecified atom stereocenters. The summed E-state index contributed by atoms with van der Waals surface area (Å²) in [7, 11) is 1.83. The lowest BCUT2D eigenvalue weighted by atomic mass is 10.1. The first-order valence-corrected chi connectivity index (χ1v) is 7.77. The van der Waals surface area contributed by atoms with Crippen molar-refractivity contribution in [2.75, 3.05) is 6.54 Å². The Labute approximate surface area is 137 Å². The Hall–Kier alpha value is -1.33. The number of alkyl halides is 2. The zero-order chi connectivity index (χ0) is 16.1. The van der Waals surface area contributed by atoms with Gasteiger partial charge in [-0.3, -0.25) is 4.79 Å². The van der Waals surface area contributed by atoms with Gasteiger partial charge in [-0.2, -0.15) is 0 Å². The van der Waals surface area contributed by atoms with Crippen LogP contribution in [0.15, 0.2) is 18.2 Å². The van der Waals surface area contributed by atoms with E-state index >= 15 is 0 Å². The number of benzene rings is 1. The molecule has 1 fully saturated rings. The van der Waals surface area contributed by atoms with Gasteiger partial charge in [-0.15, -0.1) is 23.2 Å². The van der Waals surface area contributed by atoms with Crippen LogP contribution in [0.1, 0.15) is 19.2 Å². The van der Waals surface area contributed by atoms with Gasteiger partial charge in [0.1, 0.15) is 16.0 Å². The number of nitrogens with zero attached hydrogens (tertiary/aromatic N) is 2. The monoisotopic (exact) mass is 343 g/mol. The summed E-state index contributed by atoms with van der Waals surface area (Å²) < 4.78 is 14.1. The molecule has 1 atom stereocenters. The Kier molecular flexibility index (Phi) is 3.61. The van der Waals surface area contributed by atoms with Crippen molar-refractivity contribution >= 4 is 40.1 Å². The summed E-state index contributed by atoms with van der Waals surface area (Å²) in [5.41, 5.74) is 0.752. The van der Waals surface area contributed by atoms with Gasteiger partial charge in [0, 0.05) is 20.0 Å². The number of hydrogen-bond acceptors (Lipinski definition) is 2. The van der Waals surface area contributed by atoms with Crippen LogP contribution in [-0.2, 0) is 18.3 Å². The third kappa shape index (κ3) is 2.46. The molecule has 1 amide bonds. The van der Waals surface area contributed by atoms with E-state index in [0.29, 0.717) is 19.4 Å². The number of aryl methyl sites for hydroxylation is 1. The molecule has 7 heteroatoms. The second kappa shape index (κ2) is 5.10. The molecule has 1 heterocycles. The van der Waals surface area contributed by atoms with Crippen LogP contribution >= 0.6 is 23.2 Å². The summed E-state index contributed by atoms with van der Waals surface area (Å²) in [4.78, 5) is 16.5. The van der Waals surface area contributed by atoms with Crippen LogP contribution in [0.2, 0.25) is 0 Å². The highest BCUT2D eigenvalue weighted by molar-refractivity contribution is 6.53. The molecule has 1 aliphatic carbocycles. The summed E-state index contributed by atoms with van der Waals surface area (Å²) in [6.07, 6.45) is 1.01. The van der Waals surface area contributed by atoms with Gasteiger partial charge in [0.15, 0.2) is 0 Å². The summed E-state index contributed by atoms with van der Waals surface area (Å²) in [6.45, 7) is 2.18. The molecule has 0 saturated heterocycles. The van der Waals surface area contributed by atoms with Gasteiger partial charge in [0.2, 0.25) is 5.91 Å². The van der Waals surface area contributed by atoms with Crippen molar-refractivity contribution in [3.05, 3.63) is 29.8 Å². The van der Waals surface area contributed by atoms with Gasteiger partial charge < -0.3 is 9.88 Å². The van der Waals surface area contributed by atoms with E-state index in [0.717, 1.165) is 16.9 Å². The highest BCUT2D eigenvalue weighted by Crippen LogP contribution is 2.63. The fraction of sp³-hybridized carbons (Fsp3) is 0.467. The Bertz CT molecular complexity index is 759. The SMILES string of the molecule is Cn1c(CCNC(=O)[C@@]2(C)CC2(Cl)Cl)nc2ccc(F)cc21. The van der Waals surface area contributed by atoms with E-state index in [1.54, 1.807) is 13.0 Å². The van der Waals surface area contributed by atoms with Gasteiger partial charge >= 0.3 is 0 Å². The van der Waals surface area contributed by atoms with Crippen LogP contribution < -0.4 is 5.32 Å². The molecular formula is C15H16Cl2FN3O. The molecule has 1 aromatic carbocycles. The first-order chi connectivity index (χ1) is 10.2. The van der Waals surface area contributed by atoms with E-state index < -0.39 is 9.75 Å². The summed E-state index contributed by atoms with van der Waals surface area (Å²) in [5.74, 6) is 0.338. The molecule has 1 aliphatic rings. The van der Waals surface area contributed by atoms with Crippen molar-refractivity contribution in [1.82, 2.24) is 14.9 Å². The number of nitrogens with one attached hydrogen (secondary N) is 1. The zero-order valence-corrected chi connectivity index (χ0v) is 13.8. The van der Waals surface area contributed by atoms with E-state index in [4.69, 9.17) is 23.2 Å². The molecule has 118 valence electrons. The van der Waals surface area contributed by atoms with Crippen molar-refractivity contribution in [2.45, 2.75) is 24.1 Å². The fourth-order valence-corrected chi connectivity index (χ4v) is 3.27. The lowest BCUT2D eigenvalue weighted by molar-refractivity contribution is -0.125. The molecule has 2 aromatic rings. The highest BCUT2D eigenvalue weighted by atomic mass is 35.5. The Morgan fingerprint density at radius 2 is 2.18 bits per heavy atom. The Morgan fingerprint density at radius 1 is 1.50 bits per heavy atom. The van der Waals surface area contributed by atoms with Gasteiger partial charge in [-0.05, 0) is 31.5 Å². The molecule has 4 nitrogen and oxygen atoms in total. The van der Waals surface area contributed by atoms with Crippen molar-refractivity contribution < 1.29 is 9.18 Å². The van der Waals surface area contributed by atoms with E-state index in [1.807, 2.05) is 11.6 Å². The molecule has 0 spiro atoms. The van der Waals surface area contributed by atoms with Crippen LogP contribution in [0.25, 0.3) is 11.0 Å². The standard InChI is InChI=1S/C15H16Cl2FN3O/c1-14(8-15(14,16)17)13(22)19-6-5-12-20-10-4-3-9(18)7-11(10)21(12)2/h3-4,7H,5-6,8H2,1-2H3,(H,19,22)/t14-/m1/s1. The number of carbonyl (C=O) groups is 1. The second-order valence-corrected chi connectivity index (χ2v) is 7.42. The van der Waals surface area contributed by atoms with Gasteiger partial charge in [-0.1, -0.05) is 0 Å². The summed E-state index contributed by atoms with van der Waals surface area (Å²) in [6, 6.07) is 4.48. The van der Waals surface area contributed by atoms with Gasteiger partial charge in [0.25, 0.3) is 0 Å². The highest BCUT2D eigenvalue weighted by Gasteiger charge is 2.67. The molecule has 1 saturated carbocycles. The molecule has 0 aliphatic heterocycles. The zero-order valence-electron chi connectivity index (χ0n) is 12.3. The minimum absolute atomic E-state index is 0.151. The smallest absolute Gasteiger partial charge is 0.229 e. The maximum absolute atomic E-state index is 13.3. The van der Waals surface area contributed by atoms with E-state index in [1.165, 1.54) is 12.1 Å². The molecular weight excluding hydrogens is 328 g/mol. The van der Waals surface area contributed by atoms with Crippen molar-refractivity contribution in [2.24, 2.45) is 12.5 Å². The van der Waals surface area contributed by atoms with Crippen LogP contribution in [0, 0.1) is 11.2 Å². The lowest BCUT2D eigenvalue weighted by Crippen LogP contribution is -2.34. The fourth-order valence-electron chi connectivity index (χ4n) is 2.57. The minimum atomic E-state index is -0.966. The number of fused-ring (bicyclic) bond motifs is 1. The quantitative estimate of drug-likeness (QED) is 0.867. The molecule has 22 heavy (non-hydrogen) atoms. The van der Waals surface area contributed by atoms with Crippen LogP contribution in [-0.4, -0.2) is 26.3 Å². The normalized spacial score (nSPS) is 22.8. The maximum atomic E-state index is 13.3. The number of imidazole rings is 1. The van der Waals surface area contributed by atoms with Crippen molar-refractivity contribution in [1.29, 1.82) is 0 Å². The molecule has 0 bridgehead atoms. The van der Waals surface area contributed by atoms with Crippen LogP contribution in [0.4, 0.5) is 4.39 Å². The van der Waals surface area contributed by atoms with E-state index in [9.17, 15) is 9.18 Å². The van der Waals surface area contributed by atoms with Crippen LogP contribution in [0.3, 0.4) is 0 Å². The number of rotatable bonds is 4. The average Bonchev–Trinajstić information content (AvgIpc) is 2.82. The van der Waals surface area contributed by atoms with Gasteiger partial charge in [0.05, 0.1) is 16.4 Å². The topological polar surface area (TPSA) is 46.9 Å². The number of carbonyl (C=O) groups excluding carboxylic acids is 1. The number of amides is 1. The predicted octanol–water partition coefficient (Wildman–Crippen LogP) is 2.96. The van der Waals surface area contributed by atoms with Crippen molar-refractivity contribution in [3.8, 4) is 0 Å². The Morgan fingerprint density at radius 3 is 2.82 bits per heavy atom. The first kappa shape index (κ1) is 15.6. The van der Waals surface area contributed by atoms with Crippen molar-refractivity contribution in [3.63, 3.8) is 0 Å². The van der Waals surface area contributed by atoms with E-state index in [2.05, 4.69) is 10.3 Å². The van der Waals surface area contributed by atoms with E-state index in [-0.39, 0.29) is 11.7 Å². The largest absolute Gasteiger partial charge is 0.355 e. The third-order valence-electron chi connectivity index (χ3n) is 4.33. The molecule has 1 aromatic heterocycles. The number of halogens is 3. The summed E-state index contributed by atoms with van der Waals surface area (Å²) in [5, 5.41) is 2.84. The molecule has 0 radical (unpaired) electrons. The number of aromatic nitrogens is 2. The second-order valence-electron chi connectivity index (χ2n) is 5.94. The summed E-state index contributed by atoms with van der Waals surface area (Å²) >= 11 is 12.0. The predicted molar refractivity (Wildman–Crippen MR) is 84.5 cm³/mol. The van der Waals surface area contributed by atoms with Gasteiger partial charge in [-0.25, -0.2) is 9.37 Å². The lowest BCUT2D eigenvalue weighted by Gasteiger charge is -2.12.